The van der Waals surface area contributed by atoms with E-state index in [1.54, 1.807) is 30.6 Å². The van der Waals surface area contributed by atoms with E-state index in [1.165, 1.54) is 0 Å². The molecule has 2 N–H and O–H groups in total. The number of nitrogens with one attached hydrogen (secondary N) is 1. The lowest BCUT2D eigenvalue weighted by Crippen LogP contribution is -2.31. The molecular formula is C14H17N5O2. The molecule has 1 aromatic heterocycles. The van der Waals surface area contributed by atoms with Crippen LogP contribution in [0.2, 0.25) is 0 Å². The summed E-state index contributed by atoms with van der Waals surface area (Å²) >= 11 is 0. The lowest BCUT2D eigenvalue weighted by molar-refractivity contribution is 0.106. The van der Waals surface area contributed by atoms with Crippen LogP contribution >= 0.6 is 0 Å². The number of nitrogens with zero attached hydrogens (tertiary/aromatic N) is 4. The van der Waals surface area contributed by atoms with E-state index in [4.69, 9.17) is 10.00 Å². The van der Waals surface area contributed by atoms with Crippen LogP contribution in [0.3, 0.4) is 0 Å². The SMILES string of the molecule is Cn1cnnc1CNCC(O)COc1ccc(C#N)cc1. The molecule has 0 aliphatic heterocycles. The van der Waals surface area contributed by atoms with Gasteiger partial charge in [-0.2, -0.15) is 5.26 Å². The van der Waals surface area contributed by atoms with Crippen LogP contribution in [0.1, 0.15) is 11.4 Å². The van der Waals surface area contributed by atoms with Crippen molar-refractivity contribution < 1.29 is 9.84 Å². The van der Waals surface area contributed by atoms with Crippen molar-refractivity contribution in [2.75, 3.05) is 13.2 Å². The first-order valence-electron chi connectivity index (χ1n) is 6.53. The standard InChI is InChI=1S/C14H17N5O2/c1-19-10-17-18-14(19)8-16-7-12(20)9-21-13-4-2-11(6-15)3-5-13/h2-5,10,12,16,20H,7-9H2,1H3. The molecule has 21 heavy (non-hydrogen) atoms. The second-order valence-corrected chi connectivity index (χ2v) is 4.59. The zero-order chi connectivity index (χ0) is 15.1. The van der Waals surface area contributed by atoms with Crippen LogP contribution in [-0.2, 0) is 13.6 Å². The van der Waals surface area contributed by atoms with Crippen molar-refractivity contribution in [1.82, 2.24) is 20.1 Å². The molecule has 0 aliphatic carbocycles. The highest BCUT2D eigenvalue weighted by atomic mass is 16.5. The Morgan fingerprint density at radius 3 is 2.81 bits per heavy atom. The molecule has 0 aliphatic rings. The molecular weight excluding hydrogens is 270 g/mol. The van der Waals surface area contributed by atoms with Crippen LogP contribution < -0.4 is 10.1 Å². The summed E-state index contributed by atoms with van der Waals surface area (Å²) in [4.78, 5) is 0. The molecule has 0 spiro atoms. The first-order valence-corrected chi connectivity index (χ1v) is 6.53. The molecule has 0 saturated heterocycles. The summed E-state index contributed by atoms with van der Waals surface area (Å²) in [5, 5.41) is 29.3. The molecule has 110 valence electrons. The van der Waals surface area contributed by atoms with Crippen LogP contribution in [0, 0.1) is 11.3 Å². The fraction of sp³-hybridized carbons (Fsp3) is 0.357. The highest BCUT2D eigenvalue weighted by Gasteiger charge is 2.06. The molecule has 7 heteroatoms. The number of aliphatic hydroxyl groups is 1. The lowest BCUT2D eigenvalue weighted by atomic mass is 10.2. The topological polar surface area (TPSA) is 96.0 Å². The number of aliphatic hydroxyl groups excluding tert-OH is 1. The Kier molecular flexibility index (Phi) is 5.26. The molecule has 0 bridgehead atoms. The number of aryl methyl sites for hydroxylation is 1. The fourth-order valence-corrected chi connectivity index (χ4v) is 1.69. The van der Waals surface area contributed by atoms with Crippen LogP contribution in [-0.4, -0.2) is 39.1 Å². The molecule has 2 aromatic rings. The number of benzene rings is 1. The molecule has 1 aromatic carbocycles. The lowest BCUT2D eigenvalue weighted by Gasteiger charge is -2.13. The largest absolute Gasteiger partial charge is 0.491 e. The maximum absolute atomic E-state index is 9.83. The third-order valence-corrected chi connectivity index (χ3v) is 2.89. The number of hydrogen-bond donors (Lipinski definition) is 2. The Bertz CT molecular complexity index is 603. The van der Waals surface area contributed by atoms with Crippen molar-refractivity contribution in [3.05, 3.63) is 42.0 Å². The zero-order valence-electron chi connectivity index (χ0n) is 11.7. The van der Waals surface area contributed by atoms with Crippen LogP contribution in [0.25, 0.3) is 0 Å². The van der Waals surface area contributed by atoms with Gasteiger partial charge in [-0.15, -0.1) is 10.2 Å². The van der Waals surface area contributed by atoms with Gasteiger partial charge in [0, 0.05) is 13.6 Å². The van der Waals surface area contributed by atoms with E-state index < -0.39 is 6.10 Å². The monoisotopic (exact) mass is 287 g/mol. The third-order valence-electron chi connectivity index (χ3n) is 2.89. The molecule has 0 saturated carbocycles. The van der Waals surface area contributed by atoms with Crippen molar-refractivity contribution in [2.24, 2.45) is 7.05 Å². The molecule has 0 radical (unpaired) electrons. The maximum Gasteiger partial charge on any atom is 0.146 e. The van der Waals surface area contributed by atoms with E-state index >= 15 is 0 Å². The summed E-state index contributed by atoms with van der Waals surface area (Å²) in [7, 11) is 1.86. The Hall–Kier alpha value is -2.43. The number of hydrogen-bond acceptors (Lipinski definition) is 6. The summed E-state index contributed by atoms with van der Waals surface area (Å²) in [6.07, 6.45) is 0.996. The van der Waals surface area contributed by atoms with E-state index in [0.29, 0.717) is 24.4 Å². The van der Waals surface area contributed by atoms with Gasteiger partial charge in [0.25, 0.3) is 0 Å². The average molecular weight is 287 g/mol. The van der Waals surface area contributed by atoms with Gasteiger partial charge in [0.15, 0.2) is 0 Å². The van der Waals surface area contributed by atoms with Crippen molar-refractivity contribution in [2.45, 2.75) is 12.6 Å². The summed E-state index contributed by atoms with van der Waals surface area (Å²) in [5.41, 5.74) is 0.577. The molecule has 1 atom stereocenters. The average Bonchev–Trinajstić information content (AvgIpc) is 2.91. The van der Waals surface area contributed by atoms with Gasteiger partial charge in [-0.3, -0.25) is 0 Å². The van der Waals surface area contributed by atoms with Crippen molar-refractivity contribution in [1.29, 1.82) is 5.26 Å². The molecule has 0 amide bonds. The van der Waals surface area contributed by atoms with E-state index in [9.17, 15) is 5.11 Å². The van der Waals surface area contributed by atoms with E-state index in [0.717, 1.165) is 5.82 Å². The molecule has 1 unspecified atom stereocenters. The highest BCUT2D eigenvalue weighted by molar-refractivity contribution is 5.34. The van der Waals surface area contributed by atoms with Crippen molar-refractivity contribution in [3.63, 3.8) is 0 Å². The number of ether oxygens (including phenoxy) is 1. The van der Waals surface area contributed by atoms with Gasteiger partial charge in [-0.05, 0) is 24.3 Å². The zero-order valence-corrected chi connectivity index (χ0v) is 11.7. The predicted octanol–water partition coefficient (Wildman–Crippen LogP) is 0.216. The van der Waals surface area contributed by atoms with Crippen molar-refractivity contribution >= 4 is 0 Å². The number of rotatable bonds is 7. The number of nitriles is 1. The first kappa shape index (κ1) is 15.0. The Balaban J connectivity index is 1.68. The van der Waals surface area contributed by atoms with Gasteiger partial charge in [0.1, 0.15) is 30.6 Å². The Morgan fingerprint density at radius 2 is 2.19 bits per heavy atom. The summed E-state index contributed by atoms with van der Waals surface area (Å²) in [6.45, 7) is 1.10. The van der Waals surface area contributed by atoms with Crippen LogP contribution in [0.4, 0.5) is 0 Å². The van der Waals surface area contributed by atoms with Gasteiger partial charge in [0.2, 0.25) is 0 Å². The van der Waals surface area contributed by atoms with Gasteiger partial charge in [-0.1, -0.05) is 0 Å². The quantitative estimate of drug-likeness (QED) is 0.756. The van der Waals surface area contributed by atoms with E-state index in [2.05, 4.69) is 15.5 Å². The smallest absolute Gasteiger partial charge is 0.146 e. The molecule has 0 fully saturated rings. The molecule has 2 rings (SSSR count). The van der Waals surface area contributed by atoms with E-state index in [1.807, 2.05) is 17.7 Å². The second-order valence-electron chi connectivity index (χ2n) is 4.59. The maximum atomic E-state index is 9.83. The van der Waals surface area contributed by atoms with Gasteiger partial charge in [0.05, 0.1) is 18.2 Å². The predicted molar refractivity (Wildman–Crippen MR) is 75.4 cm³/mol. The minimum absolute atomic E-state index is 0.178. The summed E-state index contributed by atoms with van der Waals surface area (Å²) in [5.74, 6) is 1.43. The van der Waals surface area contributed by atoms with Crippen molar-refractivity contribution in [3.8, 4) is 11.8 Å². The Morgan fingerprint density at radius 1 is 1.43 bits per heavy atom. The third kappa shape index (κ3) is 4.56. The highest BCUT2D eigenvalue weighted by Crippen LogP contribution is 2.11. The minimum Gasteiger partial charge on any atom is -0.491 e. The number of aromatic nitrogens is 3. The van der Waals surface area contributed by atoms with Gasteiger partial charge >= 0.3 is 0 Å². The summed E-state index contributed by atoms with van der Waals surface area (Å²) in [6, 6.07) is 8.80. The first-order chi connectivity index (χ1) is 10.2. The van der Waals surface area contributed by atoms with Gasteiger partial charge in [-0.25, -0.2) is 0 Å². The summed E-state index contributed by atoms with van der Waals surface area (Å²) < 4.78 is 7.26. The minimum atomic E-state index is -0.631. The normalized spacial score (nSPS) is 11.9. The molecule has 7 nitrogen and oxygen atoms in total. The Labute approximate surface area is 122 Å². The second kappa shape index (κ2) is 7.38. The van der Waals surface area contributed by atoms with Crippen LogP contribution in [0.15, 0.2) is 30.6 Å². The van der Waals surface area contributed by atoms with Crippen LogP contribution in [0.5, 0.6) is 5.75 Å². The van der Waals surface area contributed by atoms with Gasteiger partial charge < -0.3 is 19.7 Å². The van der Waals surface area contributed by atoms with E-state index in [-0.39, 0.29) is 6.61 Å². The molecule has 1 heterocycles. The fourth-order valence-electron chi connectivity index (χ4n) is 1.69.